The molecule has 30 heavy (non-hydrogen) atoms. The first-order valence-corrected chi connectivity index (χ1v) is 10.4. The van der Waals surface area contributed by atoms with E-state index in [0.29, 0.717) is 18.0 Å². The minimum Gasteiger partial charge on any atom is -0.495 e. The van der Waals surface area contributed by atoms with Crippen molar-refractivity contribution in [3.05, 3.63) is 48.0 Å². The zero-order valence-electron chi connectivity index (χ0n) is 17.1. The number of amides is 2. The van der Waals surface area contributed by atoms with Crippen molar-refractivity contribution in [2.24, 2.45) is 0 Å². The second-order valence-electron chi connectivity index (χ2n) is 7.64. The minimum absolute atomic E-state index is 0.0707. The molecule has 0 aliphatic carbocycles. The van der Waals surface area contributed by atoms with E-state index >= 15 is 0 Å². The lowest BCUT2D eigenvalue weighted by Crippen LogP contribution is -2.49. The van der Waals surface area contributed by atoms with Gasteiger partial charge >= 0.3 is 0 Å². The van der Waals surface area contributed by atoms with Gasteiger partial charge in [-0.05, 0) is 55.3 Å². The number of hydrogen-bond acceptors (Lipinski definition) is 5. The Morgan fingerprint density at radius 3 is 2.90 bits per heavy atom. The molecule has 2 aliphatic heterocycles. The van der Waals surface area contributed by atoms with E-state index in [1.54, 1.807) is 19.2 Å². The molecule has 0 spiro atoms. The maximum Gasteiger partial charge on any atom is 0.241 e. The van der Waals surface area contributed by atoms with Crippen LogP contribution in [0, 0.1) is 0 Å². The number of anilines is 2. The predicted octanol–water partition coefficient (Wildman–Crippen LogP) is 3.06. The fraction of sp³-hybridized carbons (Fsp3) is 0.391. The van der Waals surface area contributed by atoms with Crippen molar-refractivity contribution in [2.45, 2.75) is 31.7 Å². The standard InChI is InChI=1S/C23H27N3O4/c1-29-21-8-3-2-6-18(21)25-22(27)15-26-12-5-4-7-19(26)23(28)24-17-9-10-20-16(14-17)11-13-30-20/h2-3,6,8-10,14,19H,4-5,7,11-13,15H2,1H3,(H,24,28)(H,25,27). The van der Waals surface area contributed by atoms with Crippen molar-refractivity contribution in [3.63, 3.8) is 0 Å². The Morgan fingerprint density at radius 1 is 1.17 bits per heavy atom. The number of likely N-dealkylation sites (tertiary alicyclic amines) is 1. The number of para-hydroxylation sites is 2. The summed E-state index contributed by atoms with van der Waals surface area (Å²) in [6.45, 7) is 1.56. The van der Waals surface area contributed by atoms with Gasteiger partial charge in [-0.15, -0.1) is 0 Å². The number of methoxy groups -OCH3 is 1. The van der Waals surface area contributed by atoms with Crippen molar-refractivity contribution < 1.29 is 19.1 Å². The molecule has 7 heteroatoms. The molecular formula is C23H27N3O4. The highest BCUT2D eigenvalue weighted by molar-refractivity contribution is 5.97. The molecule has 2 aromatic rings. The molecule has 4 rings (SSSR count). The smallest absolute Gasteiger partial charge is 0.241 e. The lowest BCUT2D eigenvalue weighted by atomic mass is 10.0. The van der Waals surface area contributed by atoms with E-state index in [0.717, 1.165) is 49.2 Å². The molecule has 2 N–H and O–H groups in total. The number of piperidine rings is 1. The number of nitrogens with zero attached hydrogens (tertiary/aromatic N) is 1. The van der Waals surface area contributed by atoms with Crippen LogP contribution in [-0.2, 0) is 16.0 Å². The number of carbonyl (C=O) groups is 2. The summed E-state index contributed by atoms with van der Waals surface area (Å²) in [5.41, 5.74) is 2.51. The van der Waals surface area contributed by atoms with E-state index in [2.05, 4.69) is 10.6 Å². The first-order valence-electron chi connectivity index (χ1n) is 10.4. The van der Waals surface area contributed by atoms with Crippen LogP contribution in [0.1, 0.15) is 24.8 Å². The fourth-order valence-electron chi connectivity index (χ4n) is 4.09. The number of rotatable bonds is 6. The third-order valence-corrected chi connectivity index (χ3v) is 5.60. The number of nitrogens with one attached hydrogen (secondary N) is 2. The Labute approximate surface area is 176 Å². The lowest BCUT2D eigenvalue weighted by Gasteiger charge is -2.34. The molecule has 2 aliphatic rings. The molecule has 0 saturated carbocycles. The molecule has 0 bridgehead atoms. The van der Waals surface area contributed by atoms with Crippen molar-refractivity contribution in [2.75, 3.05) is 37.4 Å². The number of hydrogen-bond donors (Lipinski definition) is 2. The molecule has 1 fully saturated rings. The van der Waals surface area contributed by atoms with E-state index in [9.17, 15) is 9.59 Å². The number of carbonyl (C=O) groups excluding carboxylic acids is 2. The molecule has 1 saturated heterocycles. The summed E-state index contributed by atoms with van der Waals surface area (Å²) in [6.07, 6.45) is 3.54. The largest absolute Gasteiger partial charge is 0.495 e. The summed E-state index contributed by atoms with van der Waals surface area (Å²) in [7, 11) is 1.57. The zero-order valence-corrected chi connectivity index (χ0v) is 17.1. The van der Waals surface area contributed by atoms with Crippen LogP contribution in [0.5, 0.6) is 11.5 Å². The predicted molar refractivity (Wildman–Crippen MR) is 115 cm³/mol. The molecule has 158 valence electrons. The van der Waals surface area contributed by atoms with Gasteiger partial charge in [0, 0.05) is 12.1 Å². The van der Waals surface area contributed by atoms with Crippen molar-refractivity contribution in [1.29, 1.82) is 0 Å². The summed E-state index contributed by atoms with van der Waals surface area (Å²) < 4.78 is 10.8. The van der Waals surface area contributed by atoms with Crippen LogP contribution >= 0.6 is 0 Å². The van der Waals surface area contributed by atoms with Crippen LogP contribution in [0.4, 0.5) is 11.4 Å². The van der Waals surface area contributed by atoms with Gasteiger partial charge in [0.15, 0.2) is 0 Å². The van der Waals surface area contributed by atoms with Gasteiger partial charge in [-0.3, -0.25) is 14.5 Å². The quantitative estimate of drug-likeness (QED) is 0.767. The topological polar surface area (TPSA) is 79.9 Å². The second kappa shape index (κ2) is 9.17. The van der Waals surface area contributed by atoms with Gasteiger partial charge in [-0.1, -0.05) is 18.6 Å². The SMILES string of the molecule is COc1ccccc1NC(=O)CN1CCCCC1C(=O)Nc1ccc2c(c1)CCO2. The van der Waals surface area contributed by atoms with Crippen LogP contribution in [0.15, 0.2) is 42.5 Å². The highest BCUT2D eigenvalue weighted by Crippen LogP contribution is 2.28. The molecule has 0 aromatic heterocycles. The van der Waals surface area contributed by atoms with Crippen molar-refractivity contribution in [1.82, 2.24) is 4.90 Å². The normalized spacial score (nSPS) is 18.2. The zero-order chi connectivity index (χ0) is 20.9. The van der Waals surface area contributed by atoms with Crippen LogP contribution in [0.25, 0.3) is 0 Å². The second-order valence-corrected chi connectivity index (χ2v) is 7.64. The number of ether oxygens (including phenoxy) is 2. The average Bonchev–Trinajstić information content (AvgIpc) is 3.22. The first-order chi connectivity index (χ1) is 14.6. The summed E-state index contributed by atoms with van der Waals surface area (Å²) in [5.74, 6) is 1.27. The molecule has 2 heterocycles. The number of fused-ring (bicyclic) bond motifs is 1. The minimum atomic E-state index is -0.327. The van der Waals surface area contributed by atoms with Gasteiger partial charge in [0.2, 0.25) is 11.8 Å². The molecule has 2 aromatic carbocycles. The fourth-order valence-corrected chi connectivity index (χ4v) is 4.09. The maximum atomic E-state index is 13.0. The third-order valence-electron chi connectivity index (χ3n) is 5.60. The summed E-state index contributed by atoms with van der Waals surface area (Å²) in [5, 5.41) is 5.92. The maximum absolute atomic E-state index is 13.0. The average molecular weight is 409 g/mol. The Hall–Kier alpha value is -3.06. The summed E-state index contributed by atoms with van der Waals surface area (Å²) in [6, 6.07) is 12.7. The van der Waals surface area contributed by atoms with Crippen LogP contribution in [-0.4, -0.2) is 49.6 Å². The van der Waals surface area contributed by atoms with Gasteiger partial charge in [0.1, 0.15) is 11.5 Å². The molecule has 2 amide bonds. The Morgan fingerprint density at radius 2 is 2.03 bits per heavy atom. The van der Waals surface area contributed by atoms with E-state index in [1.165, 1.54) is 0 Å². The van der Waals surface area contributed by atoms with Crippen LogP contribution < -0.4 is 20.1 Å². The Bertz CT molecular complexity index is 930. The van der Waals surface area contributed by atoms with Gasteiger partial charge < -0.3 is 20.1 Å². The Balaban J connectivity index is 1.39. The van der Waals surface area contributed by atoms with E-state index in [1.807, 2.05) is 35.2 Å². The number of benzene rings is 2. The summed E-state index contributed by atoms with van der Waals surface area (Å²) >= 11 is 0. The molecule has 7 nitrogen and oxygen atoms in total. The van der Waals surface area contributed by atoms with Crippen molar-refractivity contribution in [3.8, 4) is 11.5 Å². The van der Waals surface area contributed by atoms with Gasteiger partial charge in [-0.2, -0.15) is 0 Å². The monoisotopic (exact) mass is 409 g/mol. The lowest BCUT2D eigenvalue weighted by molar-refractivity contribution is -0.124. The molecule has 1 unspecified atom stereocenters. The highest BCUT2D eigenvalue weighted by Gasteiger charge is 2.30. The van der Waals surface area contributed by atoms with Crippen LogP contribution in [0.3, 0.4) is 0 Å². The summed E-state index contributed by atoms with van der Waals surface area (Å²) in [4.78, 5) is 27.6. The van der Waals surface area contributed by atoms with Gasteiger partial charge in [-0.25, -0.2) is 0 Å². The van der Waals surface area contributed by atoms with E-state index < -0.39 is 0 Å². The third kappa shape index (κ3) is 4.57. The van der Waals surface area contributed by atoms with Gasteiger partial charge in [0.25, 0.3) is 0 Å². The first kappa shape index (κ1) is 20.2. The molecular weight excluding hydrogens is 382 g/mol. The van der Waals surface area contributed by atoms with E-state index in [4.69, 9.17) is 9.47 Å². The highest BCUT2D eigenvalue weighted by atomic mass is 16.5. The van der Waals surface area contributed by atoms with Gasteiger partial charge in [0.05, 0.1) is 32.0 Å². The Kier molecular flexibility index (Phi) is 6.18. The van der Waals surface area contributed by atoms with Crippen molar-refractivity contribution >= 4 is 23.2 Å². The molecule has 1 atom stereocenters. The molecule has 0 radical (unpaired) electrons. The van der Waals surface area contributed by atoms with Crippen LogP contribution in [0.2, 0.25) is 0 Å². The van der Waals surface area contributed by atoms with E-state index in [-0.39, 0.29) is 24.4 Å².